The summed E-state index contributed by atoms with van der Waals surface area (Å²) in [6, 6.07) is 13.8. The van der Waals surface area contributed by atoms with E-state index in [1.165, 1.54) is 11.8 Å². The van der Waals surface area contributed by atoms with Gasteiger partial charge in [0.05, 0.1) is 6.54 Å². The molecule has 0 aliphatic carbocycles. The van der Waals surface area contributed by atoms with Gasteiger partial charge in [0.1, 0.15) is 35.1 Å². The van der Waals surface area contributed by atoms with Crippen molar-refractivity contribution >= 4 is 41.5 Å². The molecular formula is C42H65N5O7S. The second-order valence-electron chi connectivity index (χ2n) is 16.3. The molecule has 0 saturated heterocycles. The van der Waals surface area contributed by atoms with Gasteiger partial charge in [-0.05, 0) is 102 Å². The van der Waals surface area contributed by atoms with Gasteiger partial charge < -0.3 is 35.2 Å². The Bertz CT molecular complexity index is 1520. The Morgan fingerprint density at radius 2 is 1.40 bits per heavy atom. The summed E-state index contributed by atoms with van der Waals surface area (Å²) in [6.07, 6.45) is 3.37. The van der Waals surface area contributed by atoms with Crippen LogP contribution < -0.4 is 20.7 Å². The summed E-state index contributed by atoms with van der Waals surface area (Å²) in [5.74, 6) is 0.199. The number of ether oxygens (including phenoxy) is 2. The minimum absolute atomic E-state index is 0.112. The van der Waals surface area contributed by atoms with E-state index in [1.807, 2.05) is 62.3 Å². The van der Waals surface area contributed by atoms with Crippen molar-refractivity contribution in [3.05, 3.63) is 65.7 Å². The predicted octanol–water partition coefficient (Wildman–Crippen LogP) is 5.62. The molecule has 5 amide bonds. The van der Waals surface area contributed by atoms with E-state index in [0.29, 0.717) is 31.2 Å². The topological polar surface area (TPSA) is 146 Å². The third-order valence-electron chi connectivity index (χ3n) is 8.44. The Morgan fingerprint density at radius 3 is 1.96 bits per heavy atom. The summed E-state index contributed by atoms with van der Waals surface area (Å²) >= 11 is 1.73. The standard InChI is InChI=1S/C42H65N5O7S/c1-29(2)22-24-47(23-15-25-55-11)39(51)35(27-31-16-13-12-14-17-31)46(10)36(48)28-43-37(49)30(3)44-38(50)34(45-40(52)54-42(7,8)9)26-32-18-20-33(21-19-32)53-41(4,5)6/h12-14,16-21,29-30,34-35H,15,22-28H2,1-11H3,(H,43,49)(H,44,50)(H,45,52)/t30-,34+,35+/m1/s1. The highest BCUT2D eigenvalue weighted by atomic mass is 32.2. The number of alkyl carbamates (subject to hydrolysis) is 1. The van der Waals surface area contributed by atoms with Crippen LogP contribution >= 0.6 is 11.8 Å². The summed E-state index contributed by atoms with van der Waals surface area (Å²) in [4.78, 5) is 70.6. The fourth-order valence-corrected chi connectivity index (χ4v) is 5.94. The van der Waals surface area contributed by atoms with Crippen molar-refractivity contribution < 1.29 is 33.4 Å². The molecule has 0 saturated carbocycles. The largest absolute Gasteiger partial charge is 0.488 e. The molecule has 306 valence electrons. The Labute approximate surface area is 333 Å². The van der Waals surface area contributed by atoms with Gasteiger partial charge in [0.25, 0.3) is 0 Å². The van der Waals surface area contributed by atoms with Gasteiger partial charge >= 0.3 is 6.09 Å². The number of likely N-dealkylation sites (N-methyl/N-ethyl adjacent to an activating group) is 1. The first-order valence-electron chi connectivity index (χ1n) is 19.1. The molecule has 0 bridgehead atoms. The van der Waals surface area contributed by atoms with Crippen molar-refractivity contribution in [2.45, 2.75) is 117 Å². The summed E-state index contributed by atoms with van der Waals surface area (Å²) in [6.45, 7) is 17.5. The maximum absolute atomic E-state index is 14.1. The highest BCUT2D eigenvalue weighted by molar-refractivity contribution is 7.98. The minimum atomic E-state index is -1.08. The van der Waals surface area contributed by atoms with Gasteiger partial charge in [-0.15, -0.1) is 0 Å². The molecular weight excluding hydrogens is 719 g/mol. The number of carbonyl (C=O) groups is 5. The molecule has 2 rings (SSSR count). The van der Waals surface area contributed by atoms with E-state index in [1.54, 1.807) is 63.8 Å². The average Bonchev–Trinajstić information content (AvgIpc) is 3.09. The van der Waals surface area contributed by atoms with Crippen LogP contribution in [0.1, 0.15) is 86.3 Å². The number of thioether (sulfide) groups is 1. The van der Waals surface area contributed by atoms with Crippen LogP contribution in [-0.2, 0) is 36.8 Å². The van der Waals surface area contributed by atoms with Gasteiger partial charge in [-0.2, -0.15) is 11.8 Å². The lowest BCUT2D eigenvalue weighted by Gasteiger charge is -2.33. The van der Waals surface area contributed by atoms with E-state index in [9.17, 15) is 24.0 Å². The second kappa shape index (κ2) is 22.3. The number of hydrogen-bond donors (Lipinski definition) is 3. The molecule has 0 aliphatic heterocycles. The van der Waals surface area contributed by atoms with Gasteiger partial charge in [-0.1, -0.05) is 56.3 Å². The zero-order valence-electron chi connectivity index (χ0n) is 34.8. The Balaban J connectivity index is 2.17. The summed E-state index contributed by atoms with van der Waals surface area (Å²) in [5, 5.41) is 7.92. The van der Waals surface area contributed by atoms with Gasteiger partial charge in [0.2, 0.25) is 23.6 Å². The molecule has 3 N–H and O–H groups in total. The van der Waals surface area contributed by atoms with Crippen LogP contribution in [0.3, 0.4) is 0 Å². The van der Waals surface area contributed by atoms with Crippen LogP contribution in [0.4, 0.5) is 4.79 Å². The minimum Gasteiger partial charge on any atom is -0.488 e. The zero-order chi connectivity index (χ0) is 41.3. The van der Waals surface area contributed by atoms with Gasteiger partial charge in [0, 0.05) is 33.0 Å². The van der Waals surface area contributed by atoms with Crippen molar-refractivity contribution in [3.63, 3.8) is 0 Å². The molecule has 0 fully saturated rings. The zero-order valence-corrected chi connectivity index (χ0v) is 35.6. The SMILES string of the molecule is CSCCCN(CCC(C)C)C(=O)[C@H](Cc1ccccc1)N(C)C(=O)CNC(=O)[C@@H](C)NC(=O)[C@H](Cc1ccc(OC(C)(C)C)cc1)NC(=O)OC(C)(C)C. The third kappa shape index (κ3) is 18.3. The number of rotatable bonds is 20. The first kappa shape index (κ1) is 46.9. The molecule has 12 nitrogen and oxygen atoms in total. The molecule has 0 aliphatic rings. The fraction of sp³-hybridized carbons (Fsp3) is 0.595. The van der Waals surface area contributed by atoms with Crippen molar-refractivity contribution in [2.75, 3.05) is 38.7 Å². The van der Waals surface area contributed by atoms with E-state index in [-0.39, 0.29) is 24.5 Å². The highest BCUT2D eigenvalue weighted by Crippen LogP contribution is 2.20. The van der Waals surface area contributed by atoms with Crippen molar-refractivity contribution in [2.24, 2.45) is 5.92 Å². The molecule has 0 aromatic heterocycles. The Hall–Kier alpha value is -4.26. The van der Waals surface area contributed by atoms with Crippen molar-refractivity contribution in [1.82, 2.24) is 25.8 Å². The maximum Gasteiger partial charge on any atom is 0.408 e. The fourth-order valence-electron chi connectivity index (χ4n) is 5.52. The average molecular weight is 784 g/mol. The smallest absolute Gasteiger partial charge is 0.408 e. The monoisotopic (exact) mass is 783 g/mol. The molecule has 0 unspecified atom stereocenters. The summed E-state index contributed by atoms with van der Waals surface area (Å²) in [7, 11) is 1.59. The third-order valence-corrected chi connectivity index (χ3v) is 9.14. The first-order valence-corrected chi connectivity index (χ1v) is 20.5. The van der Waals surface area contributed by atoms with Crippen molar-refractivity contribution in [1.29, 1.82) is 0 Å². The first-order chi connectivity index (χ1) is 25.7. The quantitative estimate of drug-likeness (QED) is 0.147. The van der Waals surface area contributed by atoms with Crippen LogP contribution in [0.5, 0.6) is 5.75 Å². The number of benzene rings is 2. The summed E-state index contributed by atoms with van der Waals surface area (Å²) in [5.41, 5.74) is 0.476. The predicted molar refractivity (Wildman–Crippen MR) is 220 cm³/mol. The van der Waals surface area contributed by atoms with E-state index in [0.717, 1.165) is 29.7 Å². The molecule has 2 aromatic carbocycles. The van der Waals surface area contributed by atoms with Gasteiger partial charge in [0.15, 0.2) is 0 Å². The van der Waals surface area contributed by atoms with Crippen LogP contribution in [0.15, 0.2) is 54.6 Å². The molecule has 55 heavy (non-hydrogen) atoms. The molecule has 13 heteroatoms. The number of nitrogens with one attached hydrogen (secondary N) is 3. The van der Waals surface area contributed by atoms with Crippen LogP contribution in [0, 0.1) is 5.92 Å². The van der Waals surface area contributed by atoms with Crippen molar-refractivity contribution in [3.8, 4) is 5.75 Å². The van der Waals surface area contributed by atoms with E-state index in [2.05, 4.69) is 29.8 Å². The van der Waals surface area contributed by atoms with E-state index >= 15 is 0 Å². The lowest BCUT2D eigenvalue weighted by atomic mass is 10.0. The normalized spacial score (nSPS) is 13.2. The molecule has 0 spiro atoms. The maximum atomic E-state index is 14.1. The second-order valence-corrected chi connectivity index (χ2v) is 17.3. The number of carbonyl (C=O) groups excluding carboxylic acids is 5. The number of hydrogen-bond acceptors (Lipinski definition) is 8. The van der Waals surface area contributed by atoms with Gasteiger partial charge in [-0.3, -0.25) is 19.2 Å². The number of nitrogens with zero attached hydrogens (tertiary/aromatic N) is 2. The number of amides is 5. The van der Waals surface area contributed by atoms with Crippen LogP contribution in [0.2, 0.25) is 0 Å². The Kier molecular flexibility index (Phi) is 19.0. The molecule has 2 aromatic rings. The Morgan fingerprint density at radius 1 is 0.782 bits per heavy atom. The van der Waals surface area contributed by atoms with Crippen LogP contribution in [0.25, 0.3) is 0 Å². The van der Waals surface area contributed by atoms with E-state index in [4.69, 9.17) is 9.47 Å². The van der Waals surface area contributed by atoms with Gasteiger partial charge in [-0.25, -0.2) is 4.79 Å². The molecule has 0 radical (unpaired) electrons. The summed E-state index contributed by atoms with van der Waals surface area (Å²) < 4.78 is 11.3. The van der Waals surface area contributed by atoms with Crippen LogP contribution in [-0.4, -0.2) is 108 Å². The van der Waals surface area contributed by atoms with E-state index < -0.39 is 47.5 Å². The molecule has 0 heterocycles. The highest BCUT2D eigenvalue weighted by Gasteiger charge is 2.32. The lowest BCUT2D eigenvalue weighted by Crippen LogP contribution is -2.55. The lowest BCUT2D eigenvalue weighted by molar-refractivity contribution is -0.144. The molecule has 3 atom stereocenters.